The molecule has 10 rings (SSSR count). The summed E-state index contributed by atoms with van der Waals surface area (Å²) in [4.78, 5) is 2.28. The molecular weight excluding hydrogens is 611 g/mol. The summed E-state index contributed by atoms with van der Waals surface area (Å²) in [6.07, 6.45) is 0. The summed E-state index contributed by atoms with van der Waals surface area (Å²) in [5, 5.41) is 4.36. The van der Waals surface area contributed by atoms with Crippen LogP contribution in [-0.2, 0) is 5.41 Å². The fourth-order valence-electron chi connectivity index (χ4n) is 8.04. The molecule has 8 aromatic carbocycles. The van der Waals surface area contributed by atoms with Crippen LogP contribution in [0.2, 0.25) is 0 Å². The molecule has 2 heteroatoms. The molecule has 49 heavy (non-hydrogen) atoms. The molecule has 1 heterocycles. The fourth-order valence-corrected chi connectivity index (χ4v) is 9.17. The minimum Gasteiger partial charge on any atom is -0.310 e. The van der Waals surface area contributed by atoms with Gasteiger partial charge in [-0.15, -0.1) is 11.3 Å². The zero-order valence-electron chi connectivity index (χ0n) is 31.4. The van der Waals surface area contributed by atoms with Gasteiger partial charge in [0, 0.05) is 36.9 Å². The van der Waals surface area contributed by atoms with E-state index in [1.807, 2.05) is 48.5 Å². The molecule has 0 N–H and O–H groups in total. The van der Waals surface area contributed by atoms with E-state index < -0.39 is 11.5 Å². The predicted molar refractivity (Wildman–Crippen MR) is 209 cm³/mol. The summed E-state index contributed by atoms with van der Waals surface area (Å²) in [5.74, 6) is 0. The summed E-state index contributed by atoms with van der Waals surface area (Å²) in [5.41, 5.74) is 6.57. The first-order valence-electron chi connectivity index (χ1n) is 18.9. The van der Waals surface area contributed by atoms with Gasteiger partial charge in [-0.1, -0.05) is 145 Å². The highest BCUT2D eigenvalue weighted by Gasteiger charge is 2.47. The van der Waals surface area contributed by atoms with E-state index >= 15 is 0 Å². The number of benzene rings is 8. The molecule has 230 valence electrons. The molecule has 9 aromatic rings. The van der Waals surface area contributed by atoms with Gasteiger partial charge in [0.25, 0.3) is 0 Å². The molecule has 1 unspecified atom stereocenters. The standard InChI is InChI=1S/C47H31NS/c1-3-17-33(18-4-1)47(42-25-14-28-45-46(42)38-23-10-12-27-44(38)49-45)40-24-11-9-22-37(40)39-31-35(29-30-41(39)47)48(34-19-5-2-6-20-34)43-26-13-16-32-15-7-8-21-36(32)43/h1-31H/i1D,3D,4D,17D,18D. The first-order chi connectivity index (χ1) is 26.4. The van der Waals surface area contributed by atoms with Gasteiger partial charge in [0.15, 0.2) is 0 Å². The number of hydrogen-bond donors (Lipinski definition) is 0. The summed E-state index contributed by atoms with van der Waals surface area (Å²) in [6, 6.07) is 52.8. The molecule has 1 aromatic heterocycles. The number of anilines is 3. The third-order valence-corrected chi connectivity index (χ3v) is 11.1. The second kappa shape index (κ2) is 11.1. The molecule has 1 atom stereocenters. The summed E-state index contributed by atoms with van der Waals surface area (Å²) in [7, 11) is 0. The van der Waals surface area contributed by atoms with Crippen LogP contribution in [-0.4, -0.2) is 0 Å². The van der Waals surface area contributed by atoms with Crippen molar-refractivity contribution in [3.8, 4) is 11.1 Å². The molecule has 0 amide bonds. The second-order valence-corrected chi connectivity index (χ2v) is 13.6. The fraction of sp³-hybridized carbons (Fsp3) is 0.0213. The molecule has 0 saturated heterocycles. The van der Waals surface area contributed by atoms with E-state index in [4.69, 9.17) is 4.11 Å². The predicted octanol–water partition coefficient (Wildman–Crippen LogP) is 13.0. The van der Waals surface area contributed by atoms with Gasteiger partial charge in [-0.05, 0) is 81.2 Å². The van der Waals surface area contributed by atoms with Crippen LogP contribution in [0.25, 0.3) is 42.1 Å². The van der Waals surface area contributed by atoms with Crippen LogP contribution in [0.5, 0.6) is 0 Å². The van der Waals surface area contributed by atoms with Crippen LogP contribution < -0.4 is 4.90 Å². The second-order valence-electron chi connectivity index (χ2n) is 12.5. The lowest BCUT2D eigenvalue weighted by Gasteiger charge is -2.35. The quantitative estimate of drug-likeness (QED) is 0.180. The maximum Gasteiger partial charge on any atom is 0.0720 e. The van der Waals surface area contributed by atoms with E-state index in [0.29, 0.717) is 0 Å². The van der Waals surface area contributed by atoms with E-state index in [0.717, 1.165) is 75.8 Å². The minimum atomic E-state index is -1.24. The molecule has 0 aliphatic heterocycles. The van der Waals surface area contributed by atoms with Crippen LogP contribution in [0.3, 0.4) is 0 Å². The van der Waals surface area contributed by atoms with Crippen molar-refractivity contribution in [2.45, 2.75) is 5.41 Å². The maximum atomic E-state index is 9.53. The van der Waals surface area contributed by atoms with Crippen LogP contribution in [0.4, 0.5) is 17.1 Å². The lowest BCUT2D eigenvalue weighted by Crippen LogP contribution is -2.28. The van der Waals surface area contributed by atoms with Gasteiger partial charge in [-0.3, -0.25) is 0 Å². The Kier molecular flexibility index (Phi) is 5.27. The average Bonchev–Trinajstić information content (AvgIpc) is 3.74. The molecule has 1 nitrogen and oxygen atoms in total. The van der Waals surface area contributed by atoms with Crippen LogP contribution in [0, 0.1) is 0 Å². The molecule has 0 bridgehead atoms. The SMILES string of the molecule is [2H]c1c([2H])c([2H])c(C2(c3cccc4sc5ccccc5c34)c3ccccc3-c3cc(N(c4ccccc4)c4cccc5ccccc45)ccc32)c([2H])c1[2H]. The van der Waals surface area contributed by atoms with Crippen molar-refractivity contribution in [2.75, 3.05) is 4.90 Å². The van der Waals surface area contributed by atoms with Gasteiger partial charge in [0.2, 0.25) is 0 Å². The first-order valence-corrected chi connectivity index (χ1v) is 17.3. The highest BCUT2D eigenvalue weighted by Crippen LogP contribution is 2.59. The highest BCUT2D eigenvalue weighted by atomic mass is 32.1. The lowest BCUT2D eigenvalue weighted by atomic mass is 9.66. The Bertz CT molecular complexity index is 2940. The normalized spacial score (nSPS) is 16.4. The average molecular weight is 647 g/mol. The van der Waals surface area contributed by atoms with Gasteiger partial charge in [0.1, 0.15) is 0 Å². The van der Waals surface area contributed by atoms with E-state index in [1.54, 1.807) is 11.3 Å². The van der Waals surface area contributed by atoms with Gasteiger partial charge >= 0.3 is 0 Å². The summed E-state index contributed by atoms with van der Waals surface area (Å²) < 4.78 is 47.7. The number of fused-ring (bicyclic) bond motifs is 7. The molecule has 0 radical (unpaired) electrons. The zero-order valence-corrected chi connectivity index (χ0v) is 27.2. The summed E-state index contributed by atoms with van der Waals surface area (Å²) >= 11 is 1.71. The smallest absolute Gasteiger partial charge is 0.0720 e. The van der Waals surface area contributed by atoms with Crippen molar-refractivity contribution < 1.29 is 6.85 Å². The molecule has 1 aliphatic rings. The van der Waals surface area contributed by atoms with Crippen LogP contribution in [0.15, 0.2) is 188 Å². The summed E-state index contributed by atoms with van der Waals surface area (Å²) in [6.45, 7) is 0. The van der Waals surface area contributed by atoms with Crippen LogP contribution >= 0.6 is 11.3 Å². The lowest BCUT2D eigenvalue weighted by molar-refractivity contribution is 0.777. The molecule has 0 spiro atoms. The number of thiophene rings is 1. The Labute approximate surface area is 297 Å². The first kappa shape index (κ1) is 23.4. The third-order valence-electron chi connectivity index (χ3n) is 9.99. The van der Waals surface area contributed by atoms with Crippen molar-refractivity contribution in [2.24, 2.45) is 0 Å². The van der Waals surface area contributed by atoms with Gasteiger partial charge < -0.3 is 4.90 Å². The zero-order chi connectivity index (χ0) is 36.7. The van der Waals surface area contributed by atoms with Gasteiger partial charge in [0.05, 0.1) is 18.0 Å². The Hall–Kier alpha value is -5.96. The van der Waals surface area contributed by atoms with Crippen molar-refractivity contribution >= 4 is 59.3 Å². The topological polar surface area (TPSA) is 3.24 Å². The third kappa shape index (κ3) is 4.11. The molecule has 1 aliphatic carbocycles. The Morgan fingerprint density at radius 2 is 1.16 bits per heavy atom. The van der Waals surface area contributed by atoms with Gasteiger partial charge in [-0.2, -0.15) is 0 Å². The van der Waals surface area contributed by atoms with Crippen molar-refractivity contribution in [1.82, 2.24) is 0 Å². The Morgan fingerprint density at radius 3 is 2.06 bits per heavy atom. The maximum absolute atomic E-state index is 9.53. The van der Waals surface area contributed by atoms with E-state index in [9.17, 15) is 2.74 Å². The largest absolute Gasteiger partial charge is 0.310 e. The number of hydrogen-bond acceptors (Lipinski definition) is 2. The van der Waals surface area contributed by atoms with E-state index in [2.05, 4.69) is 114 Å². The Balaban J connectivity index is 1.35. The van der Waals surface area contributed by atoms with Crippen molar-refractivity contribution in [3.05, 3.63) is 210 Å². The molecule has 0 saturated carbocycles. The molecule has 0 fully saturated rings. The van der Waals surface area contributed by atoms with Crippen molar-refractivity contribution in [3.63, 3.8) is 0 Å². The number of nitrogens with zero attached hydrogens (tertiary/aromatic N) is 1. The monoisotopic (exact) mass is 646 g/mol. The van der Waals surface area contributed by atoms with Crippen LogP contribution in [0.1, 0.15) is 29.1 Å². The number of para-hydroxylation sites is 1. The Morgan fingerprint density at radius 1 is 0.490 bits per heavy atom. The molecular formula is C47H31NS. The van der Waals surface area contributed by atoms with Crippen molar-refractivity contribution in [1.29, 1.82) is 0 Å². The minimum absolute atomic E-state index is 0.203. The van der Waals surface area contributed by atoms with Gasteiger partial charge in [-0.25, -0.2) is 0 Å². The highest BCUT2D eigenvalue weighted by molar-refractivity contribution is 7.25. The number of rotatable bonds is 5. The van der Waals surface area contributed by atoms with E-state index in [1.165, 1.54) is 0 Å². The van der Waals surface area contributed by atoms with E-state index in [-0.39, 0.29) is 29.7 Å².